The fourth-order valence-electron chi connectivity index (χ4n) is 3.01. The summed E-state index contributed by atoms with van der Waals surface area (Å²) < 4.78 is 13.9. The summed E-state index contributed by atoms with van der Waals surface area (Å²) in [7, 11) is 0. The van der Waals surface area contributed by atoms with Gasteiger partial charge in [-0.25, -0.2) is 4.39 Å². The van der Waals surface area contributed by atoms with Crippen LogP contribution in [0.4, 0.5) is 9.18 Å². The molecule has 0 bridgehead atoms. The van der Waals surface area contributed by atoms with Gasteiger partial charge >= 0.3 is 0 Å². The van der Waals surface area contributed by atoms with Gasteiger partial charge in [-0.05, 0) is 18.2 Å². The van der Waals surface area contributed by atoms with Gasteiger partial charge in [0.2, 0.25) is 5.91 Å². The summed E-state index contributed by atoms with van der Waals surface area (Å²) in [6.07, 6.45) is 0.281. The Bertz CT molecular complexity index is 725. The Labute approximate surface area is 160 Å². The van der Waals surface area contributed by atoms with Crippen molar-refractivity contribution in [2.24, 2.45) is 0 Å². The van der Waals surface area contributed by atoms with Crippen LogP contribution in [0.15, 0.2) is 18.2 Å². The number of carbonyl (C=O) groups is 3. The van der Waals surface area contributed by atoms with E-state index in [-0.39, 0.29) is 23.1 Å². The highest BCUT2D eigenvalue weighted by Crippen LogP contribution is 2.19. The molecule has 140 valence electrons. The topological polar surface area (TPSA) is 60.9 Å². The summed E-state index contributed by atoms with van der Waals surface area (Å²) in [5, 5.41) is 0.329. The van der Waals surface area contributed by atoms with Gasteiger partial charge in [-0.1, -0.05) is 23.4 Å². The summed E-state index contributed by atoms with van der Waals surface area (Å²) in [5.74, 6) is -0.285. The summed E-state index contributed by atoms with van der Waals surface area (Å²) in [5.41, 5.74) is -0.0534. The Kier molecular flexibility index (Phi) is 6.03. The van der Waals surface area contributed by atoms with Crippen molar-refractivity contribution in [3.63, 3.8) is 0 Å². The third kappa shape index (κ3) is 4.29. The molecule has 1 aromatic carbocycles. The number of halogens is 2. The highest BCUT2D eigenvalue weighted by Gasteiger charge is 2.27. The predicted molar refractivity (Wildman–Crippen MR) is 97.9 cm³/mol. The number of hydrogen-bond donors (Lipinski definition) is 0. The van der Waals surface area contributed by atoms with Crippen LogP contribution in [-0.4, -0.2) is 76.8 Å². The van der Waals surface area contributed by atoms with Crippen LogP contribution in [0.3, 0.4) is 0 Å². The summed E-state index contributed by atoms with van der Waals surface area (Å²) in [6, 6.07) is 3.89. The Morgan fingerprint density at radius 2 is 1.81 bits per heavy atom. The van der Waals surface area contributed by atoms with Gasteiger partial charge in [-0.15, -0.1) is 0 Å². The minimum Gasteiger partial charge on any atom is -0.339 e. The maximum absolute atomic E-state index is 13.9. The number of thioether (sulfide) groups is 1. The van der Waals surface area contributed by atoms with E-state index in [2.05, 4.69) is 0 Å². The van der Waals surface area contributed by atoms with Crippen LogP contribution in [0.5, 0.6) is 0 Å². The van der Waals surface area contributed by atoms with Crippen molar-refractivity contribution in [1.29, 1.82) is 0 Å². The van der Waals surface area contributed by atoms with Crippen LogP contribution in [0.2, 0.25) is 5.02 Å². The lowest BCUT2D eigenvalue weighted by molar-refractivity contribution is -0.132. The van der Waals surface area contributed by atoms with Gasteiger partial charge in [0.25, 0.3) is 11.1 Å². The number of carbonyl (C=O) groups excluding carboxylic acids is 3. The molecular weight excluding hydrogens is 381 g/mol. The second kappa shape index (κ2) is 8.26. The molecule has 2 aliphatic rings. The van der Waals surface area contributed by atoms with Crippen molar-refractivity contribution in [2.45, 2.75) is 6.42 Å². The second-order valence-corrected chi connectivity index (χ2v) is 7.63. The average molecular weight is 400 g/mol. The standard InChI is InChI=1S/C17H19ClFN3O3S/c18-12-1-2-14(19)13(11-12)16(24)21-7-5-20(6-8-21)15(23)3-4-22-9-10-26-17(22)25/h1-2,11H,3-10H2. The molecule has 0 unspecified atom stereocenters. The largest absolute Gasteiger partial charge is 0.339 e. The SMILES string of the molecule is O=C(CCN1CCSC1=O)N1CCN(C(=O)c2cc(Cl)ccc2F)CC1. The molecule has 9 heteroatoms. The third-order valence-corrected chi connectivity index (χ3v) is 5.65. The third-order valence-electron chi connectivity index (χ3n) is 4.52. The Hall–Kier alpha value is -1.80. The number of piperazine rings is 1. The van der Waals surface area contributed by atoms with E-state index in [0.29, 0.717) is 44.3 Å². The van der Waals surface area contributed by atoms with Crippen molar-refractivity contribution < 1.29 is 18.8 Å². The van der Waals surface area contributed by atoms with Crippen molar-refractivity contribution in [2.75, 3.05) is 45.0 Å². The lowest BCUT2D eigenvalue weighted by atomic mass is 10.1. The van der Waals surface area contributed by atoms with Crippen molar-refractivity contribution in [1.82, 2.24) is 14.7 Å². The van der Waals surface area contributed by atoms with Gasteiger partial charge < -0.3 is 14.7 Å². The number of nitrogens with zero attached hydrogens (tertiary/aromatic N) is 3. The molecule has 1 aromatic rings. The normalized spacial score (nSPS) is 17.8. The van der Waals surface area contributed by atoms with E-state index < -0.39 is 11.7 Å². The lowest BCUT2D eigenvalue weighted by Crippen LogP contribution is -2.51. The Morgan fingerprint density at radius 1 is 1.12 bits per heavy atom. The van der Waals surface area contributed by atoms with E-state index in [4.69, 9.17) is 11.6 Å². The molecule has 2 fully saturated rings. The second-order valence-electron chi connectivity index (χ2n) is 6.15. The first-order valence-corrected chi connectivity index (χ1v) is 9.76. The molecule has 3 rings (SSSR count). The lowest BCUT2D eigenvalue weighted by Gasteiger charge is -2.35. The highest BCUT2D eigenvalue weighted by atomic mass is 35.5. The van der Waals surface area contributed by atoms with Gasteiger partial charge in [0, 0.05) is 56.5 Å². The van der Waals surface area contributed by atoms with E-state index in [9.17, 15) is 18.8 Å². The molecule has 2 heterocycles. The van der Waals surface area contributed by atoms with Gasteiger partial charge in [0.15, 0.2) is 0 Å². The van der Waals surface area contributed by atoms with Gasteiger partial charge in [-0.2, -0.15) is 0 Å². The quantitative estimate of drug-likeness (QED) is 0.779. The first kappa shape index (κ1) is 19.0. The molecule has 0 aromatic heterocycles. The minimum atomic E-state index is -0.606. The van der Waals surface area contributed by atoms with Gasteiger partial charge in [0.05, 0.1) is 5.56 Å². The van der Waals surface area contributed by atoms with E-state index in [0.717, 1.165) is 5.75 Å². The molecule has 2 saturated heterocycles. The summed E-state index contributed by atoms with van der Waals surface area (Å²) >= 11 is 7.12. The van der Waals surface area contributed by atoms with E-state index >= 15 is 0 Å². The van der Waals surface area contributed by atoms with Crippen LogP contribution in [0.25, 0.3) is 0 Å². The molecule has 2 aliphatic heterocycles. The van der Waals surface area contributed by atoms with Crippen LogP contribution >= 0.6 is 23.4 Å². The first-order valence-electron chi connectivity index (χ1n) is 8.39. The van der Waals surface area contributed by atoms with Crippen molar-refractivity contribution in [3.8, 4) is 0 Å². The van der Waals surface area contributed by atoms with Gasteiger partial charge in [0.1, 0.15) is 5.82 Å². The number of amides is 3. The van der Waals surface area contributed by atoms with Crippen molar-refractivity contribution in [3.05, 3.63) is 34.6 Å². The molecule has 0 N–H and O–H groups in total. The molecule has 0 atom stereocenters. The monoisotopic (exact) mass is 399 g/mol. The fraction of sp³-hybridized carbons (Fsp3) is 0.471. The molecule has 0 radical (unpaired) electrons. The Balaban J connectivity index is 1.50. The van der Waals surface area contributed by atoms with Crippen molar-refractivity contribution >= 4 is 40.4 Å². The van der Waals surface area contributed by atoms with E-state index in [1.807, 2.05) is 0 Å². The molecule has 6 nitrogen and oxygen atoms in total. The zero-order valence-electron chi connectivity index (χ0n) is 14.1. The number of benzene rings is 1. The Morgan fingerprint density at radius 3 is 2.46 bits per heavy atom. The first-order chi connectivity index (χ1) is 12.5. The fourth-order valence-corrected chi connectivity index (χ4v) is 4.03. The molecule has 0 aliphatic carbocycles. The predicted octanol–water partition coefficient (Wildman–Crippen LogP) is 2.32. The minimum absolute atomic E-state index is 0.0248. The molecule has 0 saturated carbocycles. The molecule has 26 heavy (non-hydrogen) atoms. The average Bonchev–Trinajstić information content (AvgIpc) is 3.06. The van der Waals surface area contributed by atoms with Gasteiger partial charge in [-0.3, -0.25) is 14.4 Å². The number of rotatable bonds is 4. The van der Waals surface area contributed by atoms with E-state index in [1.54, 1.807) is 9.80 Å². The van der Waals surface area contributed by atoms with E-state index in [1.165, 1.54) is 34.9 Å². The highest BCUT2D eigenvalue weighted by molar-refractivity contribution is 8.13. The maximum Gasteiger partial charge on any atom is 0.281 e. The summed E-state index contributed by atoms with van der Waals surface area (Å²) in [6.45, 7) is 2.59. The maximum atomic E-state index is 13.9. The van der Waals surface area contributed by atoms with Crippen LogP contribution in [0.1, 0.15) is 16.8 Å². The zero-order valence-corrected chi connectivity index (χ0v) is 15.7. The molecule has 0 spiro atoms. The summed E-state index contributed by atoms with van der Waals surface area (Å²) in [4.78, 5) is 41.2. The van der Waals surface area contributed by atoms with Crippen LogP contribution < -0.4 is 0 Å². The molecule has 3 amide bonds. The zero-order chi connectivity index (χ0) is 18.7. The smallest absolute Gasteiger partial charge is 0.281 e. The number of hydrogen-bond acceptors (Lipinski definition) is 4. The van der Waals surface area contributed by atoms with Crippen LogP contribution in [-0.2, 0) is 4.79 Å². The van der Waals surface area contributed by atoms with Crippen LogP contribution in [0, 0.1) is 5.82 Å². The molecular formula is C17H19ClFN3O3S.